The van der Waals surface area contributed by atoms with Crippen LogP contribution in [-0.2, 0) is 11.2 Å². The molecule has 1 unspecified atom stereocenters. The maximum Gasteiger partial charge on any atom is 0.123 e. The third-order valence-corrected chi connectivity index (χ3v) is 3.84. The molecule has 3 nitrogen and oxygen atoms in total. The summed E-state index contributed by atoms with van der Waals surface area (Å²) in [6, 6.07) is 23.7. The summed E-state index contributed by atoms with van der Waals surface area (Å²) >= 11 is 0. The molecule has 0 fully saturated rings. The van der Waals surface area contributed by atoms with Crippen molar-refractivity contribution < 1.29 is 9.84 Å². The number of hydrogen-bond acceptors (Lipinski definition) is 3. The third kappa shape index (κ3) is 5.37. The van der Waals surface area contributed by atoms with Crippen molar-refractivity contribution in [3.8, 4) is 5.75 Å². The molecule has 0 amide bonds. The second-order valence-electron chi connectivity index (χ2n) is 5.60. The summed E-state index contributed by atoms with van der Waals surface area (Å²) in [7, 11) is 3.70. The molecular formula is C21H25NO2. The minimum Gasteiger partial charge on any atom is -0.507 e. The fourth-order valence-corrected chi connectivity index (χ4v) is 2.55. The molecule has 0 heterocycles. The van der Waals surface area contributed by atoms with Gasteiger partial charge in [-0.2, -0.15) is 0 Å². The molecule has 0 aliphatic heterocycles. The molecule has 0 aromatic heterocycles. The van der Waals surface area contributed by atoms with Gasteiger partial charge in [0, 0.05) is 19.0 Å². The van der Waals surface area contributed by atoms with E-state index in [4.69, 9.17) is 4.74 Å². The first-order valence-electron chi connectivity index (χ1n) is 8.12. The largest absolute Gasteiger partial charge is 0.507 e. The van der Waals surface area contributed by atoms with Crippen LogP contribution in [-0.4, -0.2) is 31.9 Å². The zero-order valence-electron chi connectivity index (χ0n) is 14.3. The number of ether oxygens (including phenoxy) is 1. The fraction of sp³-hybridized carbons (Fsp3) is 0.238. The van der Waals surface area contributed by atoms with Crippen LogP contribution in [0.2, 0.25) is 0 Å². The lowest BCUT2D eigenvalue weighted by molar-refractivity contribution is 0.104. The second-order valence-corrected chi connectivity index (χ2v) is 5.60. The normalized spacial score (nSPS) is 11.6. The van der Waals surface area contributed by atoms with Crippen molar-refractivity contribution >= 4 is 10.8 Å². The second kappa shape index (κ2) is 9.71. The van der Waals surface area contributed by atoms with Crippen LogP contribution in [0.25, 0.3) is 10.8 Å². The summed E-state index contributed by atoms with van der Waals surface area (Å²) in [6.45, 7) is 0.894. The van der Waals surface area contributed by atoms with E-state index >= 15 is 0 Å². The summed E-state index contributed by atoms with van der Waals surface area (Å²) in [5, 5.41) is 14.5. The maximum atomic E-state index is 9.37. The number of hydrogen-bond donors (Lipinski definition) is 2. The van der Waals surface area contributed by atoms with Crippen LogP contribution in [0.5, 0.6) is 5.75 Å². The van der Waals surface area contributed by atoms with Crippen LogP contribution >= 0.6 is 0 Å². The number of methoxy groups -OCH3 is 1. The molecule has 2 N–H and O–H groups in total. The van der Waals surface area contributed by atoms with Gasteiger partial charge in [0.2, 0.25) is 0 Å². The molecule has 0 radical (unpaired) electrons. The Morgan fingerprint density at radius 2 is 1.58 bits per heavy atom. The highest BCUT2D eigenvalue weighted by Gasteiger charge is 2.05. The van der Waals surface area contributed by atoms with Crippen molar-refractivity contribution in [1.29, 1.82) is 0 Å². The van der Waals surface area contributed by atoms with Crippen molar-refractivity contribution in [1.82, 2.24) is 5.32 Å². The van der Waals surface area contributed by atoms with Gasteiger partial charge < -0.3 is 15.2 Å². The number of fused-ring (bicyclic) bond motifs is 1. The first kappa shape index (κ1) is 18.0. The minimum absolute atomic E-state index is 0.271. The van der Waals surface area contributed by atoms with E-state index in [0.29, 0.717) is 5.75 Å². The third-order valence-electron chi connectivity index (χ3n) is 3.84. The van der Waals surface area contributed by atoms with Gasteiger partial charge in [-0.1, -0.05) is 66.7 Å². The first-order valence-corrected chi connectivity index (χ1v) is 8.12. The minimum atomic E-state index is 0.271. The summed E-state index contributed by atoms with van der Waals surface area (Å²) < 4.78 is 5.33. The molecule has 0 saturated carbocycles. The topological polar surface area (TPSA) is 41.5 Å². The Kier molecular flexibility index (Phi) is 7.27. The highest BCUT2D eigenvalue weighted by atomic mass is 16.5. The molecule has 0 saturated heterocycles. The molecular weight excluding hydrogens is 298 g/mol. The SMILES string of the molecule is CNCC(Cc1ccccc1)OC.Oc1cccc2ccccc12. The first-order chi connectivity index (χ1) is 11.7. The van der Waals surface area contributed by atoms with Crippen LogP contribution in [0, 0.1) is 0 Å². The van der Waals surface area contributed by atoms with Gasteiger partial charge in [-0.05, 0) is 30.5 Å². The fourth-order valence-electron chi connectivity index (χ4n) is 2.55. The van der Waals surface area contributed by atoms with Gasteiger partial charge in [0.25, 0.3) is 0 Å². The van der Waals surface area contributed by atoms with Crippen LogP contribution in [0.4, 0.5) is 0 Å². The number of rotatable bonds is 5. The van der Waals surface area contributed by atoms with Crippen molar-refractivity contribution in [2.75, 3.05) is 20.7 Å². The van der Waals surface area contributed by atoms with Crippen LogP contribution in [0.15, 0.2) is 72.8 Å². The lowest BCUT2D eigenvalue weighted by Gasteiger charge is -2.14. The van der Waals surface area contributed by atoms with Gasteiger partial charge in [0.1, 0.15) is 5.75 Å². The molecule has 0 bridgehead atoms. The van der Waals surface area contributed by atoms with Gasteiger partial charge >= 0.3 is 0 Å². The quantitative estimate of drug-likeness (QED) is 0.745. The lowest BCUT2D eigenvalue weighted by atomic mass is 10.1. The Hall–Kier alpha value is -2.36. The lowest BCUT2D eigenvalue weighted by Crippen LogP contribution is -2.27. The Bertz CT molecular complexity index is 723. The van der Waals surface area contributed by atoms with E-state index in [9.17, 15) is 5.11 Å². The van der Waals surface area contributed by atoms with E-state index in [1.165, 1.54) is 5.56 Å². The maximum absolute atomic E-state index is 9.37. The van der Waals surface area contributed by atoms with E-state index in [1.807, 2.05) is 49.5 Å². The number of nitrogens with one attached hydrogen (secondary N) is 1. The van der Waals surface area contributed by atoms with Crippen molar-refractivity contribution in [3.63, 3.8) is 0 Å². The van der Waals surface area contributed by atoms with Gasteiger partial charge in [-0.3, -0.25) is 0 Å². The Morgan fingerprint density at radius 1 is 0.917 bits per heavy atom. The van der Waals surface area contributed by atoms with E-state index in [-0.39, 0.29) is 6.10 Å². The average Bonchev–Trinajstić information content (AvgIpc) is 2.63. The summed E-state index contributed by atoms with van der Waals surface area (Å²) in [5.41, 5.74) is 1.32. The zero-order chi connectivity index (χ0) is 17.2. The van der Waals surface area contributed by atoms with E-state index in [0.717, 1.165) is 23.7 Å². The molecule has 0 spiro atoms. The smallest absolute Gasteiger partial charge is 0.123 e. The van der Waals surface area contributed by atoms with Gasteiger partial charge in [-0.25, -0.2) is 0 Å². The number of phenolic OH excluding ortho intramolecular Hbond substituents is 1. The van der Waals surface area contributed by atoms with E-state index in [2.05, 4.69) is 29.6 Å². The van der Waals surface area contributed by atoms with E-state index < -0.39 is 0 Å². The number of likely N-dealkylation sites (N-methyl/N-ethyl adjacent to an activating group) is 1. The molecule has 24 heavy (non-hydrogen) atoms. The molecule has 3 heteroatoms. The summed E-state index contributed by atoms with van der Waals surface area (Å²) in [6.07, 6.45) is 1.24. The van der Waals surface area contributed by atoms with Crippen molar-refractivity contribution in [2.24, 2.45) is 0 Å². The zero-order valence-corrected chi connectivity index (χ0v) is 14.3. The highest BCUT2D eigenvalue weighted by Crippen LogP contribution is 2.22. The number of phenols is 1. The van der Waals surface area contributed by atoms with Gasteiger partial charge in [0.15, 0.2) is 0 Å². The average molecular weight is 323 g/mol. The van der Waals surface area contributed by atoms with Crippen LogP contribution < -0.4 is 5.32 Å². The Labute approximate surface area is 143 Å². The van der Waals surface area contributed by atoms with Crippen molar-refractivity contribution in [3.05, 3.63) is 78.4 Å². The predicted molar refractivity (Wildman–Crippen MR) is 100 cm³/mol. The molecule has 0 aliphatic rings. The number of aromatic hydroxyl groups is 1. The standard InChI is InChI=1S/C11H17NO.C10H8O/c1-12-9-11(13-2)8-10-6-4-3-5-7-10;11-10-7-3-5-8-4-1-2-6-9(8)10/h3-7,11-12H,8-9H2,1-2H3;1-7,11H. The summed E-state index contributed by atoms with van der Waals surface area (Å²) in [4.78, 5) is 0. The Balaban J connectivity index is 0.000000175. The van der Waals surface area contributed by atoms with Crippen LogP contribution in [0.3, 0.4) is 0 Å². The highest BCUT2D eigenvalue weighted by molar-refractivity contribution is 5.87. The van der Waals surface area contributed by atoms with E-state index in [1.54, 1.807) is 13.2 Å². The van der Waals surface area contributed by atoms with Gasteiger partial charge in [0.05, 0.1) is 6.10 Å². The van der Waals surface area contributed by atoms with Gasteiger partial charge in [-0.15, -0.1) is 0 Å². The molecule has 126 valence electrons. The molecule has 1 atom stereocenters. The molecule has 0 aliphatic carbocycles. The molecule has 3 rings (SSSR count). The monoisotopic (exact) mass is 323 g/mol. The molecule has 3 aromatic carbocycles. The Morgan fingerprint density at radius 3 is 2.25 bits per heavy atom. The van der Waals surface area contributed by atoms with Crippen LogP contribution in [0.1, 0.15) is 5.56 Å². The predicted octanol–water partition coefficient (Wildman–Crippen LogP) is 4.01. The number of benzene rings is 3. The summed E-state index contributed by atoms with van der Waals surface area (Å²) in [5.74, 6) is 0.350. The molecule has 3 aromatic rings. The van der Waals surface area contributed by atoms with Crippen molar-refractivity contribution in [2.45, 2.75) is 12.5 Å².